The van der Waals surface area contributed by atoms with Crippen LogP contribution in [0, 0.1) is 0 Å². The summed E-state index contributed by atoms with van der Waals surface area (Å²) < 4.78 is 22.5. The summed E-state index contributed by atoms with van der Waals surface area (Å²) in [6.07, 6.45) is 6.15. The van der Waals surface area contributed by atoms with Crippen LogP contribution in [0.15, 0.2) is 57.6 Å². The number of para-hydroxylation sites is 1. The highest BCUT2D eigenvalue weighted by Crippen LogP contribution is 2.33. The van der Waals surface area contributed by atoms with E-state index in [2.05, 4.69) is 29.8 Å². The third-order valence-electron chi connectivity index (χ3n) is 5.15. The fourth-order valence-corrected chi connectivity index (χ4v) is 4.03. The first kappa shape index (κ1) is 28.4. The molecule has 3 aromatic rings. The minimum Gasteiger partial charge on any atom is -0.474 e. The molecule has 1 atom stereocenters. The molecule has 0 aliphatic carbocycles. The zero-order valence-electron chi connectivity index (χ0n) is 21.0. The lowest BCUT2D eigenvalue weighted by Gasteiger charge is -2.20. The maximum Gasteiger partial charge on any atom is 0.352 e. The van der Waals surface area contributed by atoms with Crippen LogP contribution in [-0.4, -0.2) is 25.2 Å². The monoisotopic (exact) mass is 546 g/mol. The van der Waals surface area contributed by atoms with Crippen molar-refractivity contribution in [2.24, 2.45) is 0 Å². The van der Waals surface area contributed by atoms with E-state index >= 15 is 0 Å². The van der Waals surface area contributed by atoms with Crippen LogP contribution in [0.25, 0.3) is 11.0 Å². The number of benzene rings is 2. The van der Waals surface area contributed by atoms with Gasteiger partial charge in [-0.2, -0.15) is 0 Å². The molecule has 35 heavy (non-hydrogen) atoms. The topological polar surface area (TPSA) is 75.0 Å². The number of hydrogen-bond donors (Lipinski definition) is 0. The van der Waals surface area contributed by atoms with E-state index in [1.807, 2.05) is 6.07 Å². The average molecular weight is 547 g/mol. The molecule has 0 radical (unpaired) electrons. The van der Waals surface area contributed by atoms with Crippen LogP contribution in [-0.2, 0) is 25.5 Å². The number of carbonyl (C=O) groups excluding carboxylic acids is 2. The van der Waals surface area contributed by atoms with Crippen LogP contribution >= 0.6 is 15.9 Å². The number of ether oxygens (including phenoxy) is 3. The van der Waals surface area contributed by atoms with Crippen molar-refractivity contribution < 1.29 is 28.2 Å². The third kappa shape index (κ3) is 8.73. The number of esters is 2. The Morgan fingerprint density at radius 2 is 1.63 bits per heavy atom. The number of unbranched alkanes of at least 4 members (excludes halogenated alkanes) is 3. The number of carbonyl (C=O) groups is 2. The molecule has 7 heteroatoms. The Hall–Kier alpha value is -2.80. The molecule has 0 saturated heterocycles. The molecule has 190 valence electrons. The van der Waals surface area contributed by atoms with Gasteiger partial charge in [0.05, 0.1) is 30.4 Å². The number of hydrogen-bond acceptors (Lipinski definition) is 6. The Kier molecular flexibility index (Phi) is 12.4. The summed E-state index contributed by atoms with van der Waals surface area (Å²) in [6.45, 7) is 8.47. The van der Waals surface area contributed by atoms with Gasteiger partial charge in [-0.1, -0.05) is 57.7 Å². The lowest BCUT2D eigenvalue weighted by molar-refractivity contribution is -0.151. The van der Waals surface area contributed by atoms with E-state index in [0.29, 0.717) is 33.5 Å². The quantitative estimate of drug-likeness (QED) is 0.182. The molecular formula is C28H35BrO6. The van der Waals surface area contributed by atoms with E-state index in [1.54, 1.807) is 56.5 Å². The average Bonchev–Trinajstić information content (AvgIpc) is 3.32. The molecule has 1 heterocycles. The predicted molar refractivity (Wildman–Crippen MR) is 141 cm³/mol. The van der Waals surface area contributed by atoms with Crippen molar-refractivity contribution in [1.29, 1.82) is 0 Å². The largest absolute Gasteiger partial charge is 0.474 e. The van der Waals surface area contributed by atoms with E-state index in [4.69, 9.17) is 18.6 Å². The fourth-order valence-electron chi connectivity index (χ4n) is 3.44. The van der Waals surface area contributed by atoms with Gasteiger partial charge >= 0.3 is 11.9 Å². The molecule has 1 unspecified atom stereocenters. The molecule has 0 aliphatic rings. The second kappa shape index (κ2) is 15.2. The van der Waals surface area contributed by atoms with Gasteiger partial charge in [-0.3, -0.25) is 4.79 Å². The second-order valence-electron chi connectivity index (χ2n) is 7.89. The Morgan fingerprint density at radius 3 is 2.29 bits per heavy atom. The minimum atomic E-state index is -1.01. The first-order valence-electron chi connectivity index (χ1n) is 12.2. The first-order chi connectivity index (χ1) is 16.9. The highest BCUT2D eigenvalue weighted by Gasteiger charge is 2.27. The van der Waals surface area contributed by atoms with Crippen LogP contribution in [0.3, 0.4) is 0 Å². The number of fused-ring (bicyclic) bond motifs is 1. The number of halogens is 1. The molecule has 1 aromatic heterocycles. The molecule has 0 N–H and O–H groups in total. The van der Waals surface area contributed by atoms with Gasteiger partial charge in [0.2, 0.25) is 6.10 Å². The number of furan rings is 1. The van der Waals surface area contributed by atoms with Gasteiger partial charge in [-0.05, 0) is 54.0 Å². The van der Waals surface area contributed by atoms with Crippen LogP contribution in [0.5, 0.6) is 5.75 Å². The summed E-state index contributed by atoms with van der Waals surface area (Å²) in [5.74, 6) is -0.464. The van der Waals surface area contributed by atoms with Gasteiger partial charge in [0.25, 0.3) is 0 Å². The lowest BCUT2D eigenvalue weighted by Crippen LogP contribution is -2.22. The Morgan fingerprint density at radius 1 is 0.943 bits per heavy atom. The molecule has 2 aromatic carbocycles. The lowest BCUT2D eigenvalue weighted by atomic mass is 10.1. The molecule has 0 aliphatic heterocycles. The molecule has 0 spiro atoms. The molecule has 0 fully saturated rings. The van der Waals surface area contributed by atoms with E-state index in [1.165, 1.54) is 25.7 Å². The zero-order valence-corrected chi connectivity index (χ0v) is 22.6. The highest BCUT2D eigenvalue weighted by atomic mass is 79.9. The smallest absolute Gasteiger partial charge is 0.352 e. The summed E-state index contributed by atoms with van der Waals surface area (Å²) in [4.78, 5) is 24.6. The van der Waals surface area contributed by atoms with Crippen LogP contribution in [0.1, 0.15) is 70.6 Å². The van der Waals surface area contributed by atoms with Gasteiger partial charge in [-0.25, -0.2) is 4.79 Å². The van der Waals surface area contributed by atoms with Gasteiger partial charge in [0, 0.05) is 16.5 Å². The van der Waals surface area contributed by atoms with Crippen LogP contribution in [0.2, 0.25) is 0 Å². The summed E-state index contributed by atoms with van der Waals surface area (Å²) in [7, 11) is 0. The summed E-state index contributed by atoms with van der Waals surface area (Å²) in [6, 6.07) is 12.5. The van der Waals surface area contributed by atoms with Crippen molar-refractivity contribution in [2.45, 2.75) is 65.9 Å². The van der Waals surface area contributed by atoms with Crippen LogP contribution < -0.4 is 4.74 Å². The van der Waals surface area contributed by atoms with Crippen molar-refractivity contribution in [2.75, 3.05) is 13.2 Å². The molecule has 0 saturated carbocycles. The molecule has 3 rings (SSSR count). The van der Waals surface area contributed by atoms with E-state index in [0.717, 1.165) is 5.39 Å². The fraction of sp³-hybridized carbons (Fsp3) is 0.429. The maximum absolute atomic E-state index is 12.7. The molecule has 0 bridgehead atoms. The van der Waals surface area contributed by atoms with E-state index in [-0.39, 0.29) is 19.0 Å². The molecule has 6 nitrogen and oxygen atoms in total. The predicted octanol–water partition coefficient (Wildman–Crippen LogP) is 7.57. The van der Waals surface area contributed by atoms with Crippen molar-refractivity contribution in [3.8, 4) is 5.75 Å². The maximum atomic E-state index is 12.7. The first-order valence-corrected chi connectivity index (χ1v) is 13.0. The van der Waals surface area contributed by atoms with Gasteiger partial charge < -0.3 is 18.6 Å². The Balaban J connectivity index is 0.000000641. The Labute approximate surface area is 216 Å². The third-order valence-corrected chi connectivity index (χ3v) is 5.74. The SMILES string of the molecule is CCCCCC.CCOC(=O)Cc1ccccc1OC(C(=O)OCC)c1cc(Br)c2occc2c1. The molecular weight excluding hydrogens is 512 g/mol. The normalized spacial score (nSPS) is 11.3. The standard InChI is InChI=1S/C22H21BrO6.C6H14/c1-3-26-19(24)13-14-7-5-6-8-18(14)29-21(22(25)27-4-2)16-11-15-9-10-28-20(15)17(23)12-16;1-3-5-6-4-2/h5-12,21H,3-4,13H2,1-2H3;3-6H2,1-2H3. The zero-order chi connectivity index (χ0) is 25.6. The Bertz CT molecular complexity index is 1070. The van der Waals surface area contributed by atoms with Crippen molar-refractivity contribution >= 4 is 38.8 Å². The van der Waals surface area contributed by atoms with Gasteiger partial charge in [-0.15, -0.1) is 0 Å². The minimum absolute atomic E-state index is 0.0457. The van der Waals surface area contributed by atoms with Crippen molar-refractivity contribution in [3.63, 3.8) is 0 Å². The highest BCUT2D eigenvalue weighted by molar-refractivity contribution is 9.10. The van der Waals surface area contributed by atoms with Crippen molar-refractivity contribution in [1.82, 2.24) is 0 Å². The summed E-state index contributed by atoms with van der Waals surface area (Å²) in [5, 5.41) is 0.826. The summed E-state index contributed by atoms with van der Waals surface area (Å²) in [5.41, 5.74) is 1.91. The van der Waals surface area contributed by atoms with Gasteiger partial charge in [0.15, 0.2) is 0 Å². The van der Waals surface area contributed by atoms with Crippen LogP contribution in [0.4, 0.5) is 0 Å². The van der Waals surface area contributed by atoms with Crippen molar-refractivity contribution in [3.05, 3.63) is 64.3 Å². The van der Waals surface area contributed by atoms with E-state index in [9.17, 15) is 9.59 Å². The number of rotatable bonds is 11. The van der Waals surface area contributed by atoms with Gasteiger partial charge in [0.1, 0.15) is 11.3 Å². The summed E-state index contributed by atoms with van der Waals surface area (Å²) >= 11 is 3.47. The van der Waals surface area contributed by atoms with E-state index < -0.39 is 12.1 Å². The second-order valence-corrected chi connectivity index (χ2v) is 8.74. The molecule has 0 amide bonds.